The van der Waals surface area contributed by atoms with Gasteiger partial charge in [0.05, 0.1) is 7.11 Å². The summed E-state index contributed by atoms with van der Waals surface area (Å²) < 4.78 is 4.95. The van der Waals surface area contributed by atoms with Gasteiger partial charge in [-0.15, -0.1) is 0 Å². The molecule has 1 unspecified atom stereocenters. The lowest BCUT2D eigenvalue weighted by atomic mass is 10.1. The van der Waals surface area contributed by atoms with Crippen LogP contribution in [0.5, 0.6) is 11.5 Å². The van der Waals surface area contributed by atoms with Crippen molar-refractivity contribution in [3.8, 4) is 11.5 Å². The van der Waals surface area contributed by atoms with Gasteiger partial charge in [0, 0.05) is 0 Å². The van der Waals surface area contributed by atoms with Gasteiger partial charge >= 0.3 is 5.97 Å². The number of hydrogen-bond donors (Lipinski definition) is 3. The normalized spacial score (nSPS) is 12.1. The molecule has 17 heavy (non-hydrogen) atoms. The Labute approximate surface area is 100 Å². The Balaban J connectivity index is 2.97. The second kappa shape index (κ2) is 6.10. The topological polar surface area (TPSA) is 78.8 Å². The molecule has 1 atom stereocenters. The molecular weight excluding hydrogens is 222 g/mol. The van der Waals surface area contributed by atoms with Crippen molar-refractivity contribution in [1.29, 1.82) is 0 Å². The second-order valence-corrected chi connectivity index (χ2v) is 3.66. The molecule has 3 N–H and O–H groups in total. The minimum Gasteiger partial charge on any atom is -0.504 e. The average molecular weight is 239 g/mol. The first-order valence-corrected chi connectivity index (χ1v) is 5.43. The molecule has 0 radical (unpaired) electrons. The standard InChI is InChI=1S/C12H17NO4/c1-3-6-13-11(12(15)16)8-4-5-9(14)10(7-8)17-2/h4-5,7,11,13-14H,3,6H2,1-2H3,(H,15,16). The Bertz CT molecular complexity index is 392. The third-order valence-corrected chi connectivity index (χ3v) is 2.38. The van der Waals surface area contributed by atoms with Crippen molar-refractivity contribution in [2.45, 2.75) is 19.4 Å². The van der Waals surface area contributed by atoms with Crippen LogP contribution in [-0.4, -0.2) is 29.8 Å². The third kappa shape index (κ3) is 3.35. The zero-order valence-electron chi connectivity index (χ0n) is 9.93. The maximum Gasteiger partial charge on any atom is 0.325 e. The summed E-state index contributed by atoms with van der Waals surface area (Å²) in [4.78, 5) is 11.1. The van der Waals surface area contributed by atoms with E-state index in [1.54, 1.807) is 6.07 Å². The van der Waals surface area contributed by atoms with Crippen LogP contribution in [0.4, 0.5) is 0 Å². The summed E-state index contributed by atoms with van der Waals surface area (Å²) in [5.41, 5.74) is 0.556. The van der Waals surface area contributed by atoms with E-state index in [1.165, 1.54) is 19.2 Å². The number of carboxylic acids is 1. The highest BCUT2D eigenvalue weighted by Crippen LogP contribution is 2.29. The molecule has 0 saturated carbocycles. The van der Waals surface area contributed by atoms with E-state index in [2.05, 4.69) is 5.32 Å². The lowest BCUT2D eigenvalue weighted by Gasteiger charge is -2.15. The molecule has 5 heteroatoms. The first kappa shape index (κ1) is 13.3. The van der Waals surface area contributed by atoms with Gasteiger partial charge in [-0.2, -0.15) is 0 Å². The van der Waals surface area contributed by atoms with Crippen molar-refractivity contribution in [3.63, 3.8) is 0 Å². The van der Waals surface area contributed by atoms with Gasteiger partial charge in [0.1, 0.15) is 6.04 Å². The van der Waals surface area contributed by atoms with E-state index in [0.717, 1.165) is 6.42 Å². The van der Waals surface area contributed by atoms with Gasteiger partial charge in [-0.3, -0.25) is 4.79 Å². The van der Waals surface area contributed by atoms with Crippen molar-refractivity contribution in [1.82, 2.24) is 5.32 Å². The molecule has 1 aromatic carbocycles. The molecule has 0 aliphatic rings. The molecule has 0 spiro atoms. The summed E-state index contributed by atoms with van der Waals surface area (Å²) in [6, 6.07) is 3.73. The van der Waals surface area contributed by atoms with Gasteiger partial charge in [-0.1, -0.05) is 13.0 Å². The van der Waals surface area contributed by atoms with Crippen LogP contribution in [0.3, 0.4) is 0 Å². The fraction of sp³-hybridized carbons (Fsp3) is 0.417. The molecule has 0 aromatic heterocycles. The molecule has 0 aliphatic carbocycles. The molecule has 0 amide bonds. The first-order valence-electron chi connectivity index (χ1n) is 5.43. The number of aliphatic carboxylic acids is 1. The monoisotopic (exact) mass is 239 g/mol. The van der Waals surface area contributed by atoms with Gasteiger partial charge < -0.3 is 20.3 Å². The largest absolute Gasteiger partial charge is 0.504 e. The summed E-state index contributed by atoms with van der Waals surface area (Å²) in [5.74, 6) is -0.686. The van der Waals surface area contributed by atoms with Crippen LogP contribution >= 0.6 is 0 Å². The molecule has 1 aromatic rings. The van der Waals surface area contributed by atoms with Crippen LogP contribution in [0.15, 0.2) is 18.2 Å². The minimum absolute atomic E-state index is 0.00381. The molecule has 0 bridgehead atoms. The Hall–Kier alpha value is -1.75. The van der Waals surface area contributed by atoms with Crippen molar-refractivity contribution >= 4 is 5.97 Å². The fourth-order valence-corrected chi connectivity index (χ4v) is 1.51. The van der Waals surface area contributed by atoms with Crippen LogP contribution in [-0.2, 0) is 4.79 Å². The summed E-state index contributed by atoms with van der Waals surface area (Å²) in [6.07, 6.45) is 0.846. The number of nitrogens with one attached hydrogen (secondary N) is 1. The van der Waals surface area contributed by atoms with Crippen molar-refractivity contribution in [2.24, 2.45) is 0 Å². The highest BCUT2D eigenvalue weighted by atomic mass is 16.5. The lowest BCUT2D eigenvalue weighted by Crippen LogP contribution is -2.29. The van der Waals surface area contributed by atoms with E-state index >= 15 is 0 Å². The molecule has 0 heterocycles. The van der Waals surface area contributed by atoms with E-state index in [9.17, 15) is 9.90 Å². The maximum atomic E-state index is 11.1. The number of hydrogen-bond acceptors (Lipinski definition) is 4. The number of methoxy groups -OCH3 is 1. The fourth-order valence-electron chi connectivity index (χ4n) is 1.51. The predicted molar refractivity (Wildman–Crippen MR) is 63.3 cm³/mol. The van der Waals surface area contributed by atoms with Crippen molar-refractivity contribution in [2.75, 3.05) is 13.7 Å². The second-order valence-electron chi connectivity index (χ2n) is 3.66. The van der Waals surface area contributed by atoms with E-state index in [0.29, 0.717) is 12.1 Å². The Morgan fingerprint density at radius 3 is 2.76 bits per heavy atom. The SMILES string of the molecule is CCCNC(C(=O)O)c1ccc(O)c(OC)c1. The number of carbonyl (C=O) groups is 1. The molecule has 5 nitrogen and oxygen atoms in total. The highest BCUT2D eigenvalue weighted by Gasteiger charge is 2.19. The van der Waals surface area contributed by atoms with Crippen LogP contribution in [0.2, 0.25) is 0 Å². The number of phenols is 1. The van der Waals surface area contributed by atoms with Crippen LogP contribution in [0.1, 0.15) is 24.9 Å². The van der Waals surface area contributed by atoms with E-state index < -0.39 is 12.0 Å². The summed E-state index contributed by atoms with van der Waals surface area (Å²) in [7, 11) is 1.42. The van der Waals surface area contributed by atoms with Gasteiger partial charge in [0.2, 0.25) is 0 Å². The van der Waals surface area contributed by atoms with Gasteiger partial charge in [-0.25, -0.2) is 0 Å². The quantitative estimate of drug-likeness (QED) is 0.701. The van der Waals surface area contributed by atoms with Gasteiger partial charge in [0.25, 0.3) is 0 Å². The average Bonchev–Trinajstić information content (AvgIpc) is 2.31. The molecule has 94 valence electrons. The number of ether oxygens (including phenoxy) is 1. The number of aromatic hydroxyl groups is 1. The zero-order valence-corrected chi connectivity index (χ0v) is 9.93. The Morgan fingerprint density at radius 2 is 2.24 bits per heavy atom. The van der Waals surface area contributed by atoms with E-state index in [4.69, 9.17) is 9.84 Å². The van der Waals surface area contributed by atoms with Crippen molar-refractivity contribution in [3.05, 3.63) is 23.8 Å². The number of carboxylic acid groups (broad SMARTS) is 1. The smallest absolute Gasteiger partial charge is 0.325 e. The van der Waals surface area contributed by atoms with E-state index in [-0.39, 0.29) is 11.5 Å². The molecule has 0 fully saturated rings. The Kier molecular flexibility index (Phi) is 4.78. The molecular formula is C12H17NO4. The lowest BCUT2D eigenvalue weighted by molar-refractivity contribution is -0.139. The minimum atomic E-state index is -0.953. The number of benzene rings is 1. The summed E-state index contributed by atoms with van der Waals surface area (Å²) in [5, 5.41) is 21.5. The van der Waals surface area contributed by atoms with Gasteiger partial charge in [0.15, 0.2) is 11.5 Å². The zero-order chi connectivity index (χ0) is 12.8. The van der Waals surface area contributed by atoms with Gasteiger partial charge in [-0.05, 0) is 30.7 Å². The predicted octanol–water partition coefficient (Wildman–Crippen LogP) is 1.53. The van der Waals surface area contributed by atoms with Crippen molar-refractivity contribution < 1.29 is 19.7 Å². The van der Waals surface area contributed by atoms with Crippen LogP contribution < -0.4 is 10.1 Å². The molecule has 0 saturated heterocycles. The third-order valence-electron chi connectivity index (χ3n) is 2.38. The van der Waals surface area contributed by atoms with Crippen LogP contribution in [0.25, 0.3) is 0 Å². The van der Waals surface area contributed by atoms with Crippen LogP contribution in [0, 0.1) is 0 Å². The van der Waals surface area contributed by atoms with E-state index in [1.807, 2.05) is 6.92 Å². The number of rotatable bonds is 6. The summed E-state index contributed by atoms with van der Waals surface area (Å²) in [6.45, 7) is 2.57. The highest BCUT2D eigenvalue weighted by molar-refractivity contribution is 5.76. The number of phenolic OH excluding ortho intramolecular Hbond substituents is 1. The summed E-state index contributed by atoms with van der Waals surface area (Å²) >= 11 is 0. The molecule has 1 rings (SSSR count). The molecule has 0 aliphatic heterocycles. The first-order chi connectivity index (χ1) is 8.10. The Morgan fingerprint density at radius 1 is 1.53 bits per heavy atom. The maximum absolute atomic E-state index is 11.1.